The highest BCUT2D eigenvalue weighted by atomic mass is 19.1. The Morgan fingerprint density at radius 1 is 1.24 bits per heavy atom. The lowest BCUT2D eigenvalue weighted by molar-refractivity contribution is 0.308. The molecule has 0 bridgehead atoms. The largest absolute Gasteiger partial charge is 0.324 e. The first kappa shape index (κ1) is 15.6. The van der Waals surface area contributed by atoms with Gasteiger partial charge >= 0.3 is 0 Å². The highest BCUT2D eigenvalue weighted by Crippen LogP contribution is 2.15. The van der Waals surface area contributed by atoms with Gasteiger partial charge in [-0.25, -0.2) is 4.39 Å². The molecule has 0 aliphatic heterocycles. The molecule has 1 unspecified atom stereocenters. The second-order valence-corrected chi connectivity index (χ2v) is 5.46. The van der Waals surface area contributed by atoms with Crippen molar-refractivity contribution in [2.24, 2.45) is 5.73 Å². The molecular formula is C17H22FN3. The summed E-state index contributed by atoms with van der Waals surface area (Å²) in [5.74, 6) is -0.236. The smallest absolute Gasteiger partial charge is 0.123 e. The lowest BCUT2D eigenvalue weighted by Gasteiger charge is -2.19. The van der Waals surface area contributed by atoms with Crippen LogP contribution in [0.5, 0.6) is 0 Å². The van der Waals surface area contributed by atoms with E-state index in [-0.39, 0.29) is 11.9 Å². The third kappa shape index (κ3) is 4.92. The molecule has 0 radical (unpaired) electrons. The molecule has 0 saturated heterocycles. The standard InChI is InChI=1S/C17H22FN3/c1-13-5-3-8-16(20-13)12-21(2)10-9-17(19)14-6-4-7-15(18)11-14/h3-8,11,17H,9-10,12,19H2,1-2H3. The first-order chi connectivity index (χ1) is 10.0. The van der Waals surface area contributed by atoms with Crippen molar-refractivity contribution in [1.29, 1.82) is 0 Å². The molecule has 0 aliphatic carbocycles. The van der Waals surface area contributed by atoms with E-state index in [4.69, 9.17) is 5.73 Å². The number of nitrogens with two attached hydrogens (primary N) is 1. The van der Waals surface area contributed by atoms with Crippen LogP contribution in [0.25, 0.3) is 0 Å². The minimum Gasteiger partial charge on any atom is -0.324 e. The van der Waals surface area contributed by atoms with Crippen LogP contribution in [0.2, 0.25) is 0 Å². The summed E-state index contributed by atoms with van der Waals surface area (Å²) in [5, 5.41) is 0. The molecule has 2 aromatic rings. The van der Waals surface area contributed by atoms with Crippen molar-refractivity contribution in [2.75, 3.05) is 13.6 Å². The Labute approximate surface area is 125 Å². The molecule has 21 heavy (non-hydrogen) atoms. The summed E-state index contributed by atoms with van der Waals surface area (Å²) >= 11 is 0. The monoisotopic (exact) mass is 287 g/mol. The predicted octanol–water partition coefficient (Wildman–Crippen LogP) is 3.05. The molecule has 3 nitrogen and oxygen atoms in total. The van der Waals surface area contributed by atoms with Crippen molar-refractivity contribution in [3.05, 3.63) is 65.2 Å². The average molecular weight is 287 g/mol. The topological polar surface area (TPSA) is 42.1 Å². The van der Waals surface area contributed by atoms with Crippen molar-refractivity contribution >= 4 is 0 Å². The normalized spacial score (nSPS) is 12.6. The number of aromatic nitrogens is 1. The third-order valence-corrected chi connectivity index (χ3v) is 3.48. The average Bonchev–Trinajstić information content (AvgIpc) is 2.45. The molecule has 0 spiro atoms. The number of benzene rings is 1. The number of hydrogen-bond acceptors (Lipinski definition) is 3. The number of nitrogens with zero attached hydrogens (tertiary/aromatic N) is 2. The molecule has 1 heterocycles. The van der Waals surface area contributed by atoms with Gasteiger partial charge in [0.05, 0.1) is 5.69 Å². The Balaban J connectivity index is 1.85. The molecule has 0 amide bonds. The maximum atomic E-state index is 13.2. The Hall–Kier alpha value is -1.78. The van der Waals surface area contributed by atoms with Crippen LogP contribution in [0.3, 0.4) is 0 Å². The van der Waals surface area contributed by atoms with Crippen molar-refractivity contribution in [3.63, 3.8) is 0 Å². The summed E-state index contributed by atoms with van der Waals surface area (Å²) in [4.78, 5) is 6.67. The highest BCUT2D eigenvalue weighted by Gasteiger charge is 2.09. The van der Waals surface area contributed by atoms with Crippen LogP contribution in [-0.4, -0.2) is 23.5 Å². The fraction of sp³-hybridized carbons (Fsp3) is 0.353. The molecule has 2 rings (SSSR count). The van der Waals surface area contributed by atoms with Gasteiger partial charge < -0.3 is 10.6 Å². The van der Waals surface area contributed by atoms with Gasteiger partial charge in [-0.05, 0) is 50.2 Å². The summed E-state index contributed by atoms with van der Waals surface area (Å²) in [6.07, 6.45) is 0.784. The second-order valence-electron chi connectivity index (χ2n) is 5.46. The van der Waals surface area contributed by atoms with E-state index < -0.39 is 0 Å². The first-order valence-electron chi connectivity index (χ1n) is 7.17. The van der Waals surface area contributed by atoms with E-state index in [0.29, 0.717) is 0 Å². The van der Waals surface area contributed by atoms with Gasteiger partial charge in [0, 0.05) is 24.8 Å². The Morgan fingerprint density at radius 3 is 2.71 bits per heavy atom. The molecule has 1 aromatic carbocycles. The fourth-order valence-corrected chi connectivity index (χ4v) is 2.31. The third-order valence-electron chi connectivity index (χ3n) is 3.48. The highest BCUT2D eigenvalue weighted by molar-refractivity contribution is 5.19. The minimum atomic E-state index is -0.236. The second kappa shape index (κ2) is 7.29. The van der Waals surface area contributed by atoms with Gasteiger partial charge in [0.15, 0.2) is 0 Å². The van der Waals surface area contributed by atoms with Gasteiger partial charge in [0.25, 0.3) is 0 Å². The van der Waals surface area contributed by atoms with Crippen molar-refractivity contribution in [1.82, 2.24) is 9.88 Å². The van der Waals surface area contributed by atoms with Crippen LogP contribution < -0.4 is 5.73 Å². The maximum absolute atomic E-state index is 13.2. The maximum Gasteiger partial charge on any atom is 0.123 e. The van der Waals surface area contributed by atoms with E-state index >= 15 is 0 Å². The van der Waals surface area contributed by atoms with Gasteiger partial charge in [-0.3, -0.25) is 4.98 Å². The molecule has 2 N–H and O–H groups in total. The van der Waals surface area contributed by atoms with Crippen LogP contribution >= 0.6 is 0 Å². The molecule has 112 valence electrons. The van der Waals surface area contributed by atoms with E-state index in [1.807, 2.05) is 38.2 Å². The number of rotatable bonds is 6. The molecule has 0 fully saturated rings. The van der Waals surface area contributed by atoms with Gasteiger partial charge in [-0.2, -0.15) is 0 Å². The van der Waals surface area contributed by atoms with E-state index in [9.17, 15) is 4.39 Å². The lowest BCUT2D eigenvalue weighted by atomic mass is 10.0. The zero-order valence-electron chi connectivity index (χ0n) is 12.6. The van der Waals surface area contributed by atoms with Crippen LogP contribution in [0.1, 0.15) is 29.4 Å². The van der Waals surface area contributed by atoms with Crippen LogP contribution in [0.4, 0.5) is 4.39 Å². The molecular weight excluding hydrogens is 265 g/mol. The number of halogens is 1. The zero-order chi connectivity index (χ0) is 15.2. The summed E-state index contributed by atoms with van der Waals surface area (Å²) in [5.41, 5.74) is 9.04. The van der Waals surface area contributed by atoms with Crippen molar-refractivity contribution in [3.8, 4) is 0 Å². The van der Waals surface area contributed by atoms with Crippen LogP contribution in [0.15, 0.2) is 42.5 Å². The van der Waals surface area contributed by atoms with Gasteiger partial charge in [0.1, 0.15) is 5.82 Å². The first-order valence-corrected chi connectivity index (χ1v) is 7.17. The minimum absolute atomic E-state index is 0.145. The van der Waals surface area contributed by atoms with E-state index in [2.05, 4.69) is 9.88 Å². The quantitative estimate of drug-likeness (QED) is 0.888. The summed E-state index contributed by atoms with van der Waals surface area (Å²) in [6, 6.07) is 12.4. The lowest BCUT2D eigenvalue weighted by Crippen LogP contribution is -2.24. The Bertz CT molecular complexity index is 586. The summed E-state index contributed by atoms with van der Waals surface area (Å²) < 4.78 is 13.2. The zero-order valence-corrected chi connectivity index (χ0v) is 12.6. The SMILES string of the molecule is Cc1cccc(CN(C)CCC(N)c2cccc(F)c2)n1. The van der Waals surface area contributed by atoms with E-state index in [1.54, 1.807) is 6.07 Å². The molecule has 0 aliphatic rings. The molecule has 1 aromatic heterocycles. The van der Waals surface area contributed by atoms with Gasteiger partial charge in [-0.15, -0.1) is 0 Å². The number of hydrogen-bond donors (Lipinski definition) is 1. The fourth-order valence-electron chi connectivity index (χ4n) is 2.31. The van der Waals surface area contributed by atoms with Crippen LogP contribution in [0, 0.1) is 12.7 Å². The van der Waals surface area contributed by atoms with Crippen LogP contribution in [-0.2, 0) is 6.54 Å². The molecule has 4 heteroatoms. The number of pyridine rings is 1. The Kier molecular flexibility index (Phi) is 5.42. The van der Waals surface area contributed by atoms with E-state index in [0.717, 1.165) is 36.5 Å². The van der Waals surface area contributed by atoms with E-state index in [1.165, 1.54) is 12.1 Å². The number of aryl methyl sites for hydroxylation is 1. The Morgan fingerprint density at radius 2 is 2.00 bits per heavy atom. The van der Waals surface area contributed by atoms with Crippen molar-refractivity contribution < 1.29 is 4.39 Å². The summed E-state index contributed by atoms with van der Waals surface area (Å²) in [7, 11) is 2.04. The molecule has 1 atom stereocenters. The predicted molar refractivity (Wildman–Crippen MR) is 83.3 cm³/mol. The molecule has 0 saturated carbocycles. The van der Waals surface area contributed by atoms with Crippen molar-refractivity contribution in [2.45, 2.75) is 25.9 Å². The van der Waals surface area contributed by atoms with Gasteiger partial charge in [-0.1, -0.05) is 18.2 Å². The van der Waals surface area contributed by atoms with Gasteiger partial charge in [0.2, 0.25) is 0 Å². The summed E-state index contributed by atoms with van der Waals surface area (Å²) in [6.45, 7) is 3.62.